The molecule has 0 saturated carbocycles. The first kappa shape index (κ1) is 21.1. The summed E-state index contributed by atoms with van der Waals surface area (Å²) in [5.41, 5.74) is 0.407. The number of benzene rings is 1. The molecular formula is C20H25FN4O4. The van der Waals surface area contributed by atoms with Gasteiger partial charge in [0.1, 0.15) is 11.6 Å². The molecule has 9 heteroatoms. The predicted molar refractivity (Wildman–Crippen MR) is 105 cm³/mol. The minimum atomic E-state index is -0.665. The number of nitrogens with one attached hydrogen (secondary N) is 2. The smallest absolute Gasteiger partial charge is 0.296 e. The molecule has 2 aromatic rings. The van der Waals surface area contributed by atoms with Crippen molar-refractivity contribution in [3.05, 3.63) is 57.0 Å². The van der Waals surface area contributed by atoms with E-state index < -0.39 is 17.1 Å². The molecule has 0 saturated heterocycles. The zero-order valence-electron chi connectivity index (χ0n) is 16.7. The number of likely N-dealkylation sites (N-methyl/N-ethyl adjacent to an activating group) is 1. The van der Waals surface area contributed by atoms with Gasteiger partial charge in [0.25, 0.3) is 5.56 Å². The SMILES string of the molecule is CN[C@H]1COC[C@H](C)n2c1nc(C(=O)CNCc1ccc(F)c(C)c1)c(O)c2=O. The van der Waals surface area contributed by atoms with Crippen LogP contribution in [0, 0.1) is 12.7 Å². The Morgan fingerprint density at radius 2 is 2.17 bits per heavy atom. The molecule has 3 N–H and O–H groups in total. The van der Waals surface area contributed by atoms with Crippen LogP contribution in [0.5, 0.6) is 5.75 Å². The standard InChI is InChI=1S/C20H25FN4O4/c1-11-6-13(4-5-14(11)21)7-23-8-16(26)17-18(27)20(28)25-12(2)9-29-10-15(22-3)19(25)24-17/h4-6,12,15,22-23,27H,7-10H2,1-3H3/t12-,15-/m0/s1. The van der Waals surface area contributed by atoms with E-state index in [0.717, 1.165) is 5.56 Å². The number of nitrogens with zero attached hydrogens (tertiary/aromatic N) is 2. The molecule has 0 amide bonds. The number of aromatic hydroxyl groups is 1. The van der Waals surface area contributed by atoms with Gasteiger partial charge in [-0.3, -0.25) is 14.2 Å². The summed E-state index contributed by atoms with van der Waals surface area (Å²) in [6.07, 6.45) is 0. The van der Waals surface area contributed by atoms with Gasteiger partial charge in [-0.15, -0.1) is 0 Å². The predicted octanol–water partition coefficient (Wildman–Crippen LogP) is 1.22. The van der Waals surface area contributed by atoms with Crippen molar-refractivity contribution in [1.29, 1.82) is 0 Å². The molecule has 0 fully saturated rings. The van der Waals surface area contributed by atoms with Crippen LogP contribution in [0.15, 0.2) is 23.0 Å². The van der Waals surface area contributed by atoms with Crippen LogP contribution in [0.3, 0.4) is 0 Å². The van der Waals surface area contributed by atoms with Crippen molar-refractivity contribution < 1.29 is 19.0 Å². The maximum Gasteiger partial charge on any atom is 0.296 e. The van der Waals surface area contributed by atoms with E-state index in [1.807, 2.05) is 0 Å². The van der Waals surface area contributed by atoms with Crippen molar-refractivity contribution in [3.8, 4) is 5.75 Å². The van der Waals surface area contributed by atoms with Crippen LogP contribution >= 0.6 is 0 Å². The number of rotatable bonds is 6. The fraction of sp³-hybridized carbons (Fsp3) is 0.450. The Morgan fingerprint density at radius 1 is 1.41 bits per heavy atom. The van der Waals surface area contributed by atoms with Crippen molar-refractivity contribution in [2.75, 3.05) is 26.8 Å². The minimum absolute atomic E-state index is 0.129. The summed E-state index contributed by atoms with van der Waals surface area (Å²) in [4.78, 5) is 29.7. The Bertz CT molecular complexity index is 976. The van der Waals surface area contributed by atoms with E-state index in [1.54, 1.807) is 33.0 Å². The second kappa shape index (κ2) is 8.81. The normalized spacial score (nSPS) is 18.9. The van der Waals surface area contributed by atoms with Gasteiger partial charge in [-0.2, -0.15) is 0 Å². The van der Waals surface area contributed by atoms with E-state index in [-0.39, 0.29) is 30.1 Å². The van der Waals surface area contributed by atoms with Gasteiger partial charge < -0.3 is 20.5 Å². The summed E-state index contributed by atoms with van der Waals surface area (Å²) in [7, 11) is 1.71. The third-order valence-electron chi connectivity index (χ3n) is 4.96. The van der Waals surface area contributed by atoms with Crippen molar-refractivity contribution in [2.45, 2.75) is 32.5 Å². The Kier molecular flexibility index (Phi) is 6.41. The van der Waals surface area contributed by atoms with Crippen LogP contribution in [0.1, 0.15) is 46.4 Å². The van der Waals surface area contributed by atoms with Crippen molar-refractivity contribution >= 4 is 5.78 Å². The van der Waals surface area contributed by atoms with Gasteiger partial charge in [0.15, 0.2) is 11.5 Å². The average Bonchev–Trinajstić information content (AvgIpc) is 2.85. The maximum absolute atomic E-state index is 13.4. The Morgan fingerprint density at radius 3 is 2.86 bits per heavy atom. The number of halogens is 1. The van der Waals surface area contributed by atoms with Gasteiger partial charge in [-0.1, -0.05) is 12.1 Å². The molecule has 3 rings (SSSR count). The summed E-state index contributed by atoms with van der Waals surface area (Å²) in [5, 5.41) is 16.3. The van der Waals surface area contributed by atoms with E-state index in [9.17, 15) is 19.1 Å². The zero-order chi connectivity index (χ0) is 21.1. The Hall–Kier alpha value is -2.62. The quantitative estimate of drug-likeness (QED) is 0.622. The molecule has 1 aliphatic rings. The monoisotopic (exact) mass is 404 g/mol. The lowest BCUT2D eigenvalue weighted by atomic mass is 10.1. The molecule has 2 heterocycles. The average molecular weight is 404 g/mol. The number of carbonyl (C=O) groups is 1. The molecule has 0 unspecified atom stereocenters. The van der Waals surface area contributed by atoms with Crippen LogP contribution in [0.25, 0.3) is 0 Å². The number of ether oxygens (including phenoxy) is 1. The molecule has 156 valence electrons. The van der Waals surface area contributed by atoms with E-state index >= 15 is 0 Å². The largest absolute Gasteiger partial charge is 0.501 e. The van der Waals surface area contributed by atoms with Crippen molar-refractivity contribution in [1.82, 2.24) is 20.2 Å². The molecule has 1 aromatic heterocycles. The molecule has 0 spiro atoms. The molecule has 29 heavy (non-hydrogen) atoms. The van der Waals surface area contributed by atoms with Crippen LogP contribution in [-0.4, -0.2) is 47.2 Å². The second-order valence-corrected chi connectivity index (χ2v) is 7.18. The van der Waals surface area contributed by atoms with Gasteiger partial charge in [0, 0.05) is 6.54 Å². The number of hydrogen-bond acceptors (Lipinski definition) is 7. The summed E-state index contributed by atoms with van der Waals surface area (Å²) in [6.45, 7) is 4.26. The molecule has 0 radical (unpaired) electrons. The van der Waals surface area contributed by atoms with Crippen molar-refractivity contribution in [2.24, 2.45) is 0 Å². The first-order valence-electron chi connectivity index (χ1n) is 9.42. The van der Waals surface area contributed by atoms with Crippen molar-refractivity contribution in [3.63, 3.8) is 0 Å². The van der Waals surface area contributed by atoms with Gasteiger partial charge >= 0.3 is 0 Å². The van der Waals surface area contributed by atoms with Crippen LogP contribution < -0.4 is 16.2 Å². The van der Waals surface area contributed by atoms with Gasteiger partial charge in [0.2, 0.25) is 5.75 Å². The van der Waals surface area contributed by atoms with E-state index in [2.05, 4.69) is 15.6 Å². The molecule has 2 atom stereocenters. The van der Waals surface area contributed by atoms with E-state index in [1.165, 1.54) is 10.6 Å². The topological polar surface area (TPSA) is 105 Å². The summed E-state index contributed by atoms with van der Waals surface area (Å²) < 4.78 is 20.3. The Labute approximate surface area is 167 Å². The lowest BCUT2D eigenvalue weighted by Gasteiger charge is -2.20. The van der Waals surface area contributed by atoms with Gasteiger partial charge in [-0.05, 0) is 38.1 Å². The number of ketones is 1. The first-order chi connectivity index (χ1) is 13.8. The van der Waals surface area contributed by atoms with Gasteiger partial charge in [-0.25, -0.2) is 9.37 Å². The summed E-state index contributed by atoms with van der Waals surface area (Å²) in [5.74, 6) is -1.10. The molecule has 0 aliphatic carbocycles. The highest BCUT2D eigenvalue weighted by atomic mass is 19.1. The van der Waals surface area contributed by atoms with E-state index in [4.69, 9.17) is 4.74 Å². The second-order valence-electron chi connectivity index (χ2n) is 7.18. The van der Waals surface area contributed by atoms with Crippen LogP contribution in [0.2, 0.25) is 0 Å². The highest BCUT2D eigenvalue weighted by molar-refractivity contribution is 5.98. The lowest BCUT2D eigenvalue weighted by Crippen LogP contribution is -2.35. The summed E-state index contributed by atoms with van der Waals surface area (Å²) in [6, 6.07) is 3.99. The molecular weight excluding hydrogens is 379 g/mol. The third-order valence-corrected chi connectivity index (χ3v) is 4.96. The van der Waals surface area contributed by atoms with Gasteiger partial charge in [0.05, 0.1) is 31.8 Å². The number of Topliss-reactive ketones (excluding diaryl/α,β-unsaturated/α-hetero) is 1. The third kappa shape index (κ3) is 4.36. The fourth-order valence-electron chi connectivity index (χ4n) is 3.35. The molecule has 8 nitrogen and oxygen atoms in total. The minimum Gasteiger partial charge on any atom is -0.501 e. The lowest BCUT2D eigenvalue weighted by molar-refractivity contribution is 0.0981. The first-order valence-corrected chi connectivity index (χ1v) is 9.42. The molecule has 1 aliphatic heterocycles. The number of aromatic nitrogens is 2. The number of fused-ring (bicyclic) bond motifs is 1. The molecule has 1 aromatic carbocycles. The van der Waals surface area contributed by atoms with Crippen LogP contribution in [-0.2, 0) is 11.3 Å². The highest BCUT2D eigenvalue weighted by Gasteiger charge is 2.29. The maximum atomic E-state index is 13.4. The number of aryl methyl sites for hydroxylation is 1. The van der Waals surface area contributed by atoms with E-state index in [0.29, 0.717) is 31.1 Å². The summed E-state index contributed by atoms with van der Waals surface area (Å²) >= 11 is 0. The zero-order valence-corrected chi connectivity index (χ0v) is 16.7. The highest BCUT2D eigenvalue weighted by Crippen LogP contribution is 2.22. The molecule has 0 bridgehead atoms. The number of hydrogen-bond donors (Lipinski definition) is 3. The number of carbonyl (C=O) groups excluding carboxylic acids is 1. The fourth-order valence-corrected chi connectivity index (χ4v) is 3.35. The van der Waals surface area contributed by atoms with Crippen LogP contribution in [0.4, 0.5) is 4.39 Å². The Balaban J connectivity index is 1.81.